The van der Waals surface area contributed by atoms with Crippen LogP contribution in [-0.4, -0.2) is 22.5 Å². The van der Waals surface area contributed by atoms with Crippen LogP contribution < -0.4 is 5.32 Å². The molecule has 1 N–H and O–H groups in total. The highest BCUT2D eigenvalue weighted by Crippen LogP contribution is 2.14. The van der Waals surface area contributed by atoms with E-state index < -0.39 is 0 Å². The van der Waals surface area contributed by atoms with Crippen LogP contribution in [0.15, 0.2) is 30.0 Å². The molecule has 0 saturated carbocycles. The Balaban J connectivity index is 2.27. The number of nitrogens with one attached hydrogen (secondary N) is 1. The van der Waals surface area contributed by atoms with E-state index >= 15 is 0 Å². The molecule has 4 heteroatoms. The first-order valence-electron chi connectivity index (χ1n) is 5.53. The van der Waals surface area contributed by atoms with E-state index in [0.29, 0.717) is 17.4 Å². The van der Waals surface area contributed by atoms with Gasteiger partial charge in [0.15, 0.2) is 5.11 Å². The van der Waals surface area contributed by atoms with Gasteiger partial charge in [-0.1, -0.05) is 29.8 Å². The van der Waals surface area contributed by atoms with Gasteiger partial charge in [-0.25, -0.2) is 0 Å². The summed E-state index contributed by atoms with van der Waals surface area (Å²) in [6.07, 6.45) is 1.82. The second-order valence-electron chi connectivity index (χ2n) is 3.95. The predicted molar refractivity (Wildman–Crippen MR) is 72.3 cm³/mol. The molecule has 88 valence electrons. The molecule has 0 aromatic heterocycles. The summed E-state index contributed by atoms with van der Waals surface area (Å²) in [4.78, 5) is 13.5. The SMILES string of the molecule is CCN1C(=O)/C(=C\c2ccc(C)cc2)NC1=S. The maximum Gasteiger partial charge on any atom is 0.276 e. The Morgan fingerprint density at radius 2 is 2.00 bits per heavy atom. The minimum Gasteiger partial charge on any atom is -0.328 e. The van der Waals surface area contributed by atoms with Crippen LogP contribution in [0.1, 0.15) is 18.1 Å². The summed E-state index contributed by atoms with van der Waals surface area (Å²) in [6.45, 7) is 4.53. The summed E-state index contributed by atoms with van der Waals surface area (Å²) in [7, 11) is 0. The van der Waals surface area contributed by atoms with Crippen LogP contribution in [-0.2, 0) is 4.79 Å². The largest absolute Gasteiger partial charge is 0.328 e. The number of likely N-dealkylation sites (N-methyl/N-ethyl adjacent to an activating group) is 1. The molecule has 1 aromatic rings. The molecule has 0 unspecified atom stereocenters. The molecule has 2 rings (SSSR count). The smallest absolute Gasteiger partial charge is 0.276 e. The molecule has 1 aliphatic rings. The van der Waals surface area contributed by atoms with Gasteiger partial charge < -0.3 is 5.32 Å². The number of carbonyl (C=O) groups excluding carboxylic acids is 1. The van der Waals surface area contributed by atoms with E-state index in [1.165, 1.54) is 5.56 Å². The minimum absolute atomic E-state index is 0.0573. The molecule has 1 fully saturated rings. The zero-order chi connectivity index (χ0) is 12.4. The molecular weight excluding hydrogens is 232 g/mol. The minimum atomic E-state index is -0.0573. The predicted octanol–water partition coefficient (Wildman–Crippen LogP) is 2.07. The number of amides is 1. The van der Waals surface area contributed by atoms with Crippen molar-refractivity contribution in [3.05, 3.63) is 41.1 Å². The maximum atomic E-state index is 11.9. The molecule has 0 spiro atoms. The van der Waals surface area contributed by atoms with Gasteiger partial charge in [0.1, 0.15) is 5.70 Å². The van der Waals surface area contributed by atoms with E-state index in [1.807, 2.05) is 44.2 Å². The van der Waals surface area contributed by atoms with Gasteiger partial charge in [0.2, 0.25) is 0 Å². The topological polar surface area (TPSA) is 32.3 Å². The molecule has 0 radical (unpaired) electrons. The van der Waals surface area contributed by atoms with Crippen molar-refractivity contribution in [2.45, 2.75) is 13.8 Å². The molecule has 0 bridgehead atoms. The highest BCUT2D eigenvalue weighted by molar-refractivity contribution is 7.80. The first-order chi connectivity index (χ1) is 8.11. The third-order valence-corrected chi connectivity index (χ3v) is 2.99. The Labute approximate surface area is 106 Å². The average Bonchev–Trinajstić information content (AvgIpc) is 2.57. The van der Waals surface area contributed by atoms with Crippen LogP contribution >= 0.6 is 12.2 Å². The second-order valence-corrected chi connectivity index (χ2v) is 4.33. The fourth-order valence-electron chi connectivity index (χ4n) is 1.69. The van der Waals surface area contributed by atoms with Crippen LogP contribution in [0.4, 0.5) is 0 Å². The van der Waals surface area contributed by atoms with E-state index in [-0.39, 0.29) is 5.91 Å². The van der Waals surface area contributed by atoms with Crippen LogP contribution in [0.25, 0.3) is 6.08 Å². The highest BCUT2D eigenvalue weighted by Gasteiger charge is 2.28. The lowest BCUT2D eigenvalue weighted by Gasteiger charge is -2.08. The lowest BCUT2D eigenvalue weighted by molar-refractivity contribution is -0.122. The lowest BCUT2D eigenvalue weighted by atomic mass is 10.1. The van der Waals surface area contributed by atoms with Gasteiger partial charge in [0, 0.05) is 6.54 Å². The monoisotopic (exact) mass is 246 g/mol. The Bertz CT molecular complexity index is 491. The van der Waals surface area contributed by atoms with Crippen molar-refractivity contribution < 1.29 is 4.79 Å². The summed E-state index contributed by atoms with van der Waals surface area (Å²) < 4.78 is 0. The number of aryl methyl sites for hydroxylation is 1. The number of carbonyl (C=O) groups is 1. The van der Waals surface area contributed by atoms with Crippen molar-refractivity contribution in [1.82, 2.24) is 10.2 Å². The quantitative estimate of drug-likeness (QED) is 0.640. The number of benzene rings is 1. The van der Waals surface area contributed by atoms with Gasteiger partial charge in [-0.05, 0) is 37.7 Å². The third kappa shape index (κ3) is 2.36. The fourth-order valence-corrected chi connectivity index (χ4v) is 2.01. The molecule has 0 atom stereocenters. The number of thiocarbonyl (C=S) groups is 1. The van der Waals surface area contributed by atoms with Gasteiger partial charge in [0.25, 0.3) is 5.91 Å². The summed E-state index contributed by atoms with van der Waals surface area (Å²) in [5, 5.41) is 3.42. The molecule has 3 nitrogen and oxygen atoms in total. The van der Waals surface area contributed by atoms with Crippen molar-refractivity contribution in [2.24, 2.45) is 0 Å². The Morgan fingerprint density at radius 3 is 2.53 bits per heavy atom. The number of nitrogens with zero attached hydrogens (tertiary/aromatic N) is 1. The van der Waals surface area contributed by atoms with Gasteiger partial charge in [-0.3, -0.25) is 9.69 Å². The Morgan fingerprint density at radius 1 is 1.35 bits per heavy atom. The van der Waals surface area contributed by atoms with Crippen molar-refractivity contribution >= 4 is 29.3 Å². The highest BCUT2D eigenvalue weighted by atomic mass is 32.1. The third-order valence-electron chi connectivity index (χ3n) is 2.67. The summed E-state index contributed by atoms with van der Waals surface area (Å²) in [5.74, 6) is -0.0573. The van der Waals surface area contributed by atoms with Gasteiger partial charge >= 0.3 is 0 Å². The van der Waals surface area contributed by atoms with Crippen LogP contribution in [0, 0.1) is 6.92 Å². The van der Waals surface area contributed by atoms with Crippen molar-refractivity contribution in [1.29, 1.82) is 0 Å². The van der Waals surface area contributed by atoms with E-state index in [0.717, 1.165) is 5.56 Å². The molecule has 1 heterocycles. The molecule has 1 amide bonds. The lowest BCUT2D eigenvalue weighted by Crippen LogP contribution is -2.30. The number of rotatable bonds is 2. The van der Waals surface area contributed by atoms with Gasteiger partial charge in [-0.15, -0.1) is 0 Å². The summed E-state index contributed by atoms with van der Waals surface area (Å²) in [5.41, 5.74) is 2.73. The average molecular weight is 246 g/mol. The van der Waals surface area contributed by atoms with Gasteiger partial charge in [-0.2, -0.15) is 0 Å². The zero-order valence-corrected chi connectivity index (χ0v) is 10.7. The molecular formula is C13H14N2OS. The van der Waals surface area contributed by atoms with E-state index in [1.54, 1.807) is 4.90 Å². The normalized spacial score (nSPS) is 17.8. The molecule has 0 aliphatic carbocycles. The summed E-state index contributed by atoms with van der Waals surface area (Å²) in [6, 6.07) is 7.99. The van der Waals surface area contributed by atoms with E-state index in [9.17, 15) is 4.79 Å². The zero-order valence-electron chi connectivity index (χ0n) is 9.86. The second kappa shape index (κ2) is 4.67. The van der Waals surface area contributed by atoms with Gasteiger partial charge in [0.05, 0.1) is 0 Å². The Hall–Kier alpha value is -1.68. The first kappa shape index (κ1) is 11.8. The summed E-state index contributed by atoms with van der Waals surface area (Å²) >= 11 is 5.08. The van der Waals surface area contributed by atoms with E-state index in [2.05, 4.69) is 5.32 Å². The molecule has 17 heavy (non-hydrogen) atoms. The van der Waals surface area contributed by atoms with E-state index in [4.69, 9.17) is 12.2 Å². The number of hydrogen-bond donors (Lipinski definition) is 1. The van der Waals surface area contributed by atoms with Crippen LogP contribution in [0.3, 0.4) is 0 Å². The molecule has 1 aromatic carbocycles. The molecule has 1 saturated heterocycles. The van der Waals surface area contributed by atoms with Crippen molar-refractivity contribution in [3.8, 4) is 0 Å². The maximum absolute atomic E-state index is 11.9. The standard InChI is InChI=1S/C13H14N2OS/c1-3-15-12(16)11(14-13(15)17)8-10-6-4-9(2)5-7-10/h4-8H,3H2,1-2H3,(H,14,17)/b11-8+. The first-order valence-corrected chi connectivity index (χ1v) is 5.94. The number of hydrogen-bond acceptors (Lipinski definition) is 2. The van der Waals surface area contributed by atoms with Crippen molar-refractivity contribution in [3.63, 3.8) is 0 Å². The molecule has 1 aliphatic heterocycles. The Kier molecular flexibility index (Phi) is 3.24. The van der Waals surface area contributed by atoms with Crippen LogP contribution in [0.5, 0.6) is 0 Å². The van der Waals surface area contributed by atoms with Crippen molar-refractivity contribution in [2.75, 3.05) is 6.54 Å². The van der Waals surface area contributed by atoms with Crippen LogP contribution in [0.2, 0.25) is 0 Å². The fraction of sp³-hybridized carbons (Fsp3) is 0.231.